The first-order valence-corrected chi connectivity index (χ1v) is 7.70. The van der Waals surface area contributed by atoms with Gasteiger partial charge in [-0.1, -0.05) is 33.8 Å². The third-order valence-electron chi connectivity index (χ3n) is 4.39. The van der Waals surface area contributed by atoms with Crippen LogP contribution in [0.3, 0.4) is 0 Å². The zero-order valence-corrected chi connectivity index (χ0v) is 13.4. The molecule has 3 heteroatoms. The van der Waals surface area contributed by atoms with Gasteiger partial charge in [-0.2, -0.15) is 0 Å². The number of ether oxygens (including phenoxy) is 1. The maximum absolute atomic E-state index is 6.02. The maximum Gasteiger partial charge on any atom is 0.0656 e. The lowest BCUT2D eigenvalue weighted by Gasteiger charge is -2.53. The van der Waals surface area contributed by atoms with Crippen LogP contribution in [0.5, 0.6) is 0 Å². The Morgan fingerprint density at radius 1 is 1.35 bits per heavy atom. The highest BCUT2D eigenvalue weighted by Gasteiger charge is 2.49. The van der Waals surface area contributed by atoms with Crippen LogP contribution in [0.2, 0.25) is 0 Å². The minimum Gasteiger partial charge on any atom is -0.377 e. The Hall–Kier alpha value is -0.930. The monoisotopic (exact) mass is 276 g/mol. The lowest BCUT2D eigenvalue weighted by Crippen LogP contribution is -2.61. The second-order valence-electron chi connectivity index (χ2n) is 6.97. The number of rotatable bonds is 6. The molecule has 112 valence electrons. The fraction of sp³-hybridized carbons (Fsp3) is 0.706. The van der Waals surface area contributed by atoms with Crippen molar-refractivity contribution in [1.82, 2.24) is 10.3 Å². The molecular weight excluding hydrogens is 248 g/mol. The number of aromatic nitrogens is 1. The molecule has 0 aromatic carbocycles. The van der Waals surface area contributed by atoms with Gasteiger partial charge < -0.3 is 10.1 Å². The fourth-order valence-corrected chi connectivity index (χ4v) is 2.78. The highest BCUT2D eigenvalue weighted by atomic mass is 16.5. The molecule has 1 heterocycles. The highest BCUT2D eigenvalue weighted by Crippen LogP contribution is 2.43. The molecule has 3 unspecified atom stereocenters. The van der Waals surface area contributed by atoms with Crippen molar-refractivity contribution < 1.29 is 4.74 Å². The Morgan fingerprint density at radius 3 is 2.65 bits per heavy atom. The normalized spacial score (nSPS) is 26.3. The van der Waals surface area contributed by atoms with Crippen molar-refractivity contribution in [3.8, 4) is 0 Å². The zero-order valence-electron chi connectivity index (χ0n) is 13.4. The van der Waals surface area contributed by atoms with Crippen LogP contribution in [0.4, 0.5) is 0 Å². The van der Waals surface area contributed by atoms with E-state index >= 15 is 0 Å². The number of hydrogen-bond donors (Lipinski definition) is 1. The largest absolute Gasteiger partial charge is 0.377 e. The van der Waals surface area contributed by atoms with Gasteiger partial charge in [0.15, 0.2) is 0 Å². The van der Waals surface area contributed by atoms with Crippen LogP contribution >= 0.6 is 0 Å². The summed E-state index contributed by atoms with van der Waals surface area (Å²) in [6, 6.07) is 6.86. The van der Waals surface area contributed by atoms with Gasteiger partial charge in [-0.3, -0.25) is 4.98 Å². The molecule has 1 aliphatic rings. The Morgan fingerprint density at radius 2 is 2.10 bits per heavy atom. The average Bonchev–Trinajstić information content (AvgIpc) is 2.42. The third kappa shape index (κ3) is 3.39. The summed E-state index contributed by atoms with van der Waals surface area (Å²) in [4.78, 5) is 4.42. The van der Waals surface area contributed by atoms with E-state index in [1.807, 2.05) is 18.3 Å². The van der Waals surface area contributed by atoms with Crippen molar-refractivity contribution in [2.45, 2.75) is 59.2 Å². The molecule has 0 spiro atoms. The quantitative estimate of drug-likeness (QED) is 0.862. The van der Waals surface area contributed by atoms with Gasteiger partial charge in [-0.15, -0.1) is 0 Å². The predicted octanol–water partition coefficient (Wildman–Crippen LogP) is 3.57. The van der Waals surface area contributed by atoms with Gasteiger partial charge in [0, 0.05) is 30.3 Å². The summed E-state index contributed by atoms with van der Waals surface area (Å²) >= 11 is 0. The second-order valence-corrected chi connectivity index (χ2v) is 6.97. The van der Waals surface area contributed by atoms with E-state index < -0.39 is 0 Å². The molecule has 1 fully saturated rings. The molecule has 1 aromatic heterocycles. The fourth-order valence-electron chi connectivity index (χ4n) is 2.78. The molecule has 0 bridgehead atoms. The summed E-state index contributed by atoms with van der Waals surface area (Å²) in [5.74, 6) is 0.602. The summed E-state index contributed by atoms with van der Waals surface area (Å²) < 4.78 is 6.02. The highest BCUT2D eigenvalue weighted by molar-refractivity contribution is 5.10. The van der Waals surface area contributed by atoms with Crippen LogP contribution in [0.1, 0.15) is 52.8 Å². The van der Waals surface area contributed by atoms with Crippen LogP contribution < -0.4 is 5.32 Å². The number of pyridine rings is 1. The Balaban J connectivity index is 1.86. The zero-order chi connectivity index (χ0) is 14.8. The molecule has 0 radical (unpaired) electrons. The van der Waals surface area contributed by atoms with Crippen LogP contribution in [0.15, 0.2) is 24.4 Å². The van der Waals surface area contributed by atoms with E-state index in [0.29, 0.717) is 18.1 Å². The van der Waals surface area contributed by atoms with E-state index in [4.69, 9.17) is 4.74 Å². The van der Waals surface area contributed by atoms with Gasteiger partial charge in [0.2, 0.25) is 0 Å². The Bertz CT molecular complexity index is 416. The minimum atomic E-state index is 0.192. The Labute approximate surface area is 123 Å². The van der Waals surface area contributed by atoms with Gasteiger partial charge in [0.1, 0.15) is 0 Å². The van der Waals surface area contributed by atoms with Crippen molar-refractivity contribution in [3.05, 3.63) is 30.1 Å². The molecule has 0 aliphatic heterocycles. The summed E-state index contributed by atoms with van der Waals surface area (Å²) in [7, 11) is 0. The molecule has 3 atom stereocenters. The van der Waals surface area contributed by atoms with Crippen LogP contribution in [0.25, 0.3) is 0 Å². The minimum absolute atomic E-state index is 0.192. The first-order chi connectivity index (χ1) is 9.41. The Kier molecular flexibility index (Phi) is 4.82. The molecule has 1 saturated carbocycles. The van der Waals surface area contributed by atoms with E-state index in [1.54, 1.807) is 0 Å². The van der Waals surface area contributed by atoms with Gasteiger partial charge in [-0.05, 0) is 31.4 Å². The number of hydrogen-bond acceptors (Lipinski definition) is 3. The van der Waals surface area contributed by atoms with Crippen molar-refractivity contribution in [2.24, 2.45) is 11.3 Å². The van der Waals surface area contributed by atoms with E-state index in [-0.39, 0.29) is 11.5 Å². The first-order valence-electron chi connectivity index (χ1n) is 7.70. The maximum atomic E-state index is 6.02. The molecule has 3 nitrogen and oxygen atoms in total. The molecule has 0 saturated heterocycles. The molecular formula is C17H28N2O. The van der Waals surface area contributed by atoms with Gasteiger partial charge in [0.05, 0.1) is 11.8 Å². The van der Waals surface area contributed by atoms with E-state index in [9.17, 15) is 0 Å². The summed E-state index contributed by atoms with van der Waals surface area (Å²) in [5.41, 5.74) is 1.30. The molecule has 1 aromatic rings. The molecule has 1 N–H and O–H groups in total. The molecule has 0 amide bonds. The van der Waals surface area contributed by atoms with E-state index in [2.05, 4.69) is 51.0 Å². The van der Waals surface area contributed by atoms with Crippen LogP contribution in [-0.2, 0) is 4.74 Å². The summed E-state index contributed by atoms with van der Waals surface area (Å²) in [5, 5.41) is 3.70. The molecule has 20 heavy (non-hydrogen) atoms. The number of nitrogens with zero attached hydrogens (tertiary/aromatic N) is 1. The molecule has 1 aliphatic carbocycles. The predicted molar refractivity (Wildman–Crippen MR) is 82.6 cm³/mol. The van der Waals surface area contributed by atoms with Gasteiger partial charge in [0.25, 0.3) is 0 Å². The van der Waals surface area contributed by atoms with Crippen molar-refractivity contribution in [2.75, 3.05) is 6.61 Å². The lowest BCUT2D eigenvalue weighted by molar-refractivity contribution is -0.125. The van der Waals surface area contributed by atoms with E-state index in [1.165, 1.54) is 0 Å². The van der Waals surface area contributed by atoms with Gasteiger partial charge in [-0.25, -0.2) is 0 Å². The summed E-state index contributed by atoms with van der Waals surface area (Å²) in [6.07, 6.45) is 3.32. The average molecular weight is 276 g/mol. The van der Waals surface area contributed by atoms with E-state index in [0.717, 1.165) is 18.7 Å². The van der Waals surface area contributed by atoms with Crippen molar-refractivity contribution >= 4 is 0 Å². The smallest absolute Gasteiger partial charge is 0.0656 e. The van der Waals surface area contributed by atoms with Crippen LogP contribution in [0, 0.1) is 11.3 Å². The van der Waals surface area contributed by atoms with Crippen molar-refractivity contribution in [1.29, 1.82) is 0 Å². The molecule has 2 rings (SSSR count). The second kappa shape index (κ2) is 6.23. The number of nitrogens with one attached hydrogen (secondary N) is 1. The standard InChI is InChI=1S/C17H28N2O/c1-12(2)11-20-16-10-15(17(16,4)5)19-13(3)14-8-6-7-9-18-14/h6-9,12-13,15-16,19H,10-11H2,1-5H3. The SMILES string of the molecule is CC(C)COC1CC(NC(C)c2ccccn2)C1(C)C. The lowest BCUT2D eigenvalue weighted by atomic mass is 9.64. The van der Waals surface area contributed by atoms with Crippen LogP contribution in [-0.4, -0.2) is 23.7 Å². The third-order valence-corrected chi connectivity index (χ3v) is 4.39. The summed E-state index contributed by atoms with van der Waals surface area (Å²) in [6.45, 7) is 12.0. The van der Waals surface area contributed by atoms with Crippen molar-refractivity contribution in [3.63, 3.8) is 0 Å². The first kappa shape index (κ1) is 15.5. The topological polar surface area (TPSA) is 34.1 Å². The van der Waals surface area contributed by atoms with Gasteiger partial charge >= 0.3 is 0 Å².